The monoisotopic (exact) mass is 328 g/mol. The van der Waals surface area contributed by atoms with Gasteiger partial charge in [-0.1, -0.05) is 11.6 Å². The third-order valence-corrected chi connectivity index (χ3v) is 3.83. The Morgan fingerprint density at radius 2 is 1.86 bits per heavy atom. The maximum absolute atomic E-state index is 13.0. The highest BCUT2D eigenvalue weighted by Gasteiger charge is 2.36. The second kappa shape index (κ2) is 5.94. The Labute approximate surface area is 123 Å². The molecule has 0 saturated heterocycles. The molecule has 1 heterocycles. The molecule has 8 heteroatoms. The lowest BCUT2D eigenvalue weighted by Crippen LogP contribution is -2.28. The van der Waals surface area contributed by atoms with Crippen molar-refractivity contribution in [3.8, 4) is 0 Å². The van der Waals surface area contributed by atoms with Crippen molar-refractivity contribution >= 4 is 17.4 Å². The predicted octanol–water partition coefficient (Wildman–Crippen LogP) is 4.99. The van der Waals surface area contributed by atoms with Crippen LogP contribution in [0.15, 0.2) is 12.1 Å². The van der Waals surface area contributed by atoms with Crippen LogP contribution in [0.4, 0.5) is 27.8 Å². The van der Waals surface area contributed by atoms with Crippen LogP contribution in [0.5, 0.6) is 0 Å². The zero-order valence-corrected chi connectivity index (χ0v) is 11.7. The summed E-state index contributed by atoms with van der Waals surface area (Å²) >= 11 is 5.47. The van der Waals surface area contributed by atoms with E-state index < -0.39 is 22.8 Å². The Hall–Kier alpha value is -1.11. The Morgan fingerprint density at radius 1 is 1.24 bits per heavy atom. The molecule has 1 aromatic rings. The molecule has 1 fully saturated rings. The SMILES string of the molecule is FC1(F)CCC(CNc2ccc(Cl)c(C(F)(F)F)n2)CC1. The highest BCUT2D eigenvalue weighted by molar-refractivity contribution is 6.31. The van der Waals surface area contributed by atoms with Crippen LogP contribution in [-0.4, -0.2) is 17.5 Å². The molecule has 0 aliphatic heterocycles. The van der Waals surface area contributed by atoms with Gasteiger partial charge >= 0.3 is 6.18 Å². The standard InChI is InChI=1S/C13H14ClF5N2/c14-9-1-2-10(21-11(9)13(17,18)19)20-7-8-3-5-12(15,16)6-4-8/h1-2,8H,3-7H2,(H,20,21). The number of hydrogen-bond donors (Lipinski definition) is 1. The summed E-state index contributed by atoms with van der Waals surface area (Å²) in [5.74, 6) is -2.56. The Morgan fingerprint density at radius 3 is 2.43 bits per heavy atom. The fourth-order valence-corrected chi connectivity index (χ4v) is 2.50. The first-order valence-electron chi connectivity index (χ1n) is 6.53. The van der Waals surface area contributed by atoms with Crippen LogP contribution in [0.1, 0.15) is 31.4 Å². The lowest BCUT2D eigenvalue weighted by atomic mass is 9.87. The van der Waals surface area contributed by atoms with Gasteiger partial charge in [0.25, 0.3) is 0 Å². The normalized spacial score (nSPS) is 19.5. The van der Waals surface area contributed by atoms with E-state index in [9.17, 15) is 22.0 Å². The Balaban J connectivity index is 1.95. The molecule has 21 heavy (non-hydrogen) atoms. The molecule has 2 rings (SSSR count). The molecule has 1 aromatic heterocycles. The minimum atomic E-state index is -4.62. The maximum Gasteiger partial charge on any atom is 0.434 e. The molecule has 0 atom stereocenters. The van der Waals surface area contributed by atoms with Crippen molar-refractivity contribution in [3.05, 3.63) is 22.8 Å². The van der Waals surface area contributed by atoms with E-state index in [4.69, 9.17) is 11.6 Å². The zero-order chi connectivity index (χ0) is 15.7. The molecule has 1 saturated carbocycles. The van der Waals surface area contributed by atoms with Crippen LogP contribution in [0.2, 0.25) is 5.02 Å². The summed E-state index contributed by atoms with van der Waals surface area (Å²) in [6, 6.07) is 2.46. The van der Waals surface area contributed by atoms with Gasteiger partial charge in [-0.25, -0.2) is 13.8 Å². The van der Waals surface area contributed by atoms with E-state index in [2.05, 4.69) is 10.3 Å². The van der Waals surface area contributed by atoms with E-state index in [1.807, 2.05) is 0 Å². The highest BCUT2D eigenvalue weighted by atomic mass is 35.5. The maximum atomic E-state index is 13.0. The van der Waals surface area contributed by atoms with Gasteiger partial charge in [0.1, 0.15) is 5.82 Å². The number of anilines is 1. The minimum Gasteiger partial charge on any atom is -0.370 e. The topological polar surface area (TPSA) is 24.9 Å². The number of nitrogens with one attached hydrogen (secondary N) is 1. The molecule has 118 valence electrons. The van der Waals surface area contributed by atoms with Crippen molar-refractivity contribution in [3.63, 3.8) is 0 Å². The van der Waals surface area contributed by atoms with Crippen LogP contribution in [0.3, 0.4) is 0 Å². The number of alkyl halides is 5. The van der Waals surface area contributed by atoms with Crippen molar-refractivity contribution in [2.24, 2.45) is 5.92 Å². The lowest BCUT2D eigenvalue weighted by molar-refractivity contribution is -0.141. The zero-order valence-electron chi connectivity index (χ0n) is 11.0. The molecule has 0 radical (unpaired) electrons. The molecular weight excluding hydrogens is 315 g/mol. The van der Waals surface area contributed by atoms with Gasteiger partial charge in [-0.05, 0) is 30.9 Å². The first-order valence-corrected chi connectivity index (χ1v) is 6.91. The number of rotatable bonds is 3. The number of nitrogens with zero attached hydrogens (tertiary/aromatic N) is 1. The molecule has 1 aliphatic rings. The Bertz CT molecular complexity index is 494. The summed E-state index contributed by atoms with van der Waals surface area (Å²) in [4.78, 5) is 3.44. The Kier molecular flexibility index (Phi) is 4.60. The fourth-order valence-electron chi connectivity index (χ4n) is 2.29. The van der Waals surface area contributed by atoms with Crippen LogP contribution in [0, 0.1) is 5.92 Å². The van der Waals surface area contributed by atoms with Crippen molar-refractivity contribution in [2.75, 3.05) is 11.9 Å². The van der Waals surface area contributed by atoms with E-state index >= 15 is 0 Å². The van der Waals surface area contributed by atoms with Crippen molar-refractivity contribution in [2.45, 2.75) is 37.8 Å². The first kappa shape index (κ1) is 16.3. The fraction of sp³-hybridized carbons (Fsp3) is 0.615. The first-order chi connectivity index (χ1) is 9.67. The molecule has 1 N–H and O–H groups in total. The van der Waals surface area contributed by atoms with Gasteiger partial charge in [-0.3, -0.25) is 0 Å². The van der Waals surface area contributed by atoms with Gasteiger partial charge in [-0.2, -0.15) is 13.2 Å². The molecule has 0 aromatic carbocycles. The van der Waals surface area contributed by atoms with Gasteiger partial charge in [0.15, 0.2) is 5.69 Å². The third-order valence-electron chi connectivity index (χ3n) is 3.52. The van der Waals surface area contributed by atoms with Crippen molar-refractivity contribution < 1.29 is 22.0 Å². The van der Waals surface area contributed by atoms with Gasteiger partial charge in [0.2, 0.25) is 5.92 Å². The molecule has 0 amide bonds. The molecule has 2 nitrogen and oxygen atoms in total. The summed E-state index contributed by atoms with van der Waals surface area (Å²) in [5.41, 5.74) is -1.15. The molecular formula is C13H14ClF5N2. The molecule has 1 aliphatic carbocycles. The van der Waals surface area contributed by atoms with Gasteiger partial charge < -0.3 is 5.32 Å². The van der Waals surface area contributed by atoms with Gasteiger partial charge in [0.05, 0.1) is 5.02 Å². The molecule has 0 spiro atoms. The summed E-state index contributed by atoms with van der Waals surface area (Å²) in [6.07, 6.45) is -4.29. The van der Waals surface area contributed by atoms with E-state index in [1.165, 1.54) is 6.07 Å². The second-order valence-corrected chi connectivity index (χ2v) is 5.61. The van der Waals surface area contributed by atoms with E-state index in [1.54, 1.807) is 0 Å². The number of hydrogen-bond acceptors (Lipinski definition) is 2. The average Bonchev–Trinajstić information content (AvgIpc) is 2.38. The smallest absolute Gasteiger partial charge is 0.370 e. The minimum absolute atomic E-state index is 0.0106. The largest absolute Gasteiger partial charge is 0.434 e. The number of halogens is 6. The van der Waals surface area contributed by atoms with E-state index in [-0.39, 0.29) is 24.6 Å². The average molecular weight is 329 g/mol. The van der Waals surface area contributed by atoms with E-state index in [0.717, 1.165) is 6.07 Å². The summed E-state index contributed by atoms with van der Waals surface area (Å²) in [5, 5.41) is 2.30. The van der Waals surface area contributed by atoms with Crippen LogP contribution >= 0.6 is 11.6 Å². The van der Waals surface area contributed by atoms with Crippen molar-refractivity contribution in [1.29, 1.82) is 0 Å². The molecule has 0 unspecified atom stereocenters. The van der Waals surface area contributed by atoms with Gasteiger partial charge in [-0.15, -0.1) is 0 Å². The van der Waals surface area contributed by atoms with Crippen LogP contribution in [-0.2, 0) is 6.18 Å². The van der Waals surface area contributed by atoms with Crippen molar-refractivity contribution in [1.82, 2.24) is 4.98 Å². The van der Waals surface area contributed by atoms with Crippen LogP contribution in [0.25, 0.3) is 0 Å². The summed E-state index contributed by atoms with van der Waals surface area (Å²) in [7, 11) is 0. The number of pyridine rings is 1. The quantitative estimate of drug-likeness (QED) is 0.791. The van der Waals surface area contributed by atoms with Crippen LogP contribution < -0.4 is 5.32 Å². The van der Waals surface area contributed by atoms with E-state index in [0.29, 0.717) is 19.4 Å². The summed E-state index contributed by atoms with van der Waals surface area (Å²) < 4.78 is 63.9. The number of aromatic nitrogens is 1. The molecule has 0 bridgehead atoms. The summed E-state index contributed by atoms with van der Waals surface area (Å²) in [6.45, 7) is 0.321. The predicted molar refractivity (Wildman–Crippen MR) is 69.6 cm³/mol. The highest BCUT2D eigenvalue weighted by Crippen LogP contribution is 2.36. The second-order valence-electron chi connectivity index (χ2n) is 5.20. The van der Waals surface area contributed by atoms with Gasteiger partial charge in [0, 0.05) is 19.4 Å². The lowest BCUT2D eigenvalue weighted by Gasteiger charge is -2.28. The third kappa shape index (κ3) is 4.43.